The first-order valence-corrected chi connectivity index (χ1v) is 6.92. The highest BCUT2D eigenvalue weighted by Gasteiger charge is 2.20. The molecule has 0 aliphatic carbocycles. The van der Waals surface area contributed by atoms with E-state index < -0.39 is 0 Å². The number of rotatable bonds is 4. The number of ether oxygens (including phenoxy) is 2. The smallest absolute Gasteiger partial charge is 0.409 e. The molecule has 0 aromatic rings. The second-order valence-electron chi connectivity index (χ2n) is 4.73. The molecule has 0 atom stereocenters. The number of nitrogens with zero attached hydrogens (tertiary/aromatic N) is 1. The molecule has 0 fully saturated rings. The van der Waals surface area contributed by atoms with Crippen molar-refractivity contribution in [3.05, 3.63) is 23.0 Å². The van der Waals surface area contributed by atoms with Gasteiger partial charge < -0.3 is 14.4 Å². The fraction of sp³-hybridized carbons (Fsp3) is 0.562. The summed E-state index contributed by atoms with van der Waals surface area (Å²) >= 11 is 0. The molecular formula is C16H23NO3. The van der Waals surface area contributed by atoms with Gasteiger partial charge in [0.05, 0.1) is 14.2 Å². The topological polar surface area (TPSA) is 38.8 Å². The molecule has 1 heterocycles. The molecule has 20 heavy (non-hydrogen) atoms. The molecule has 0 radical (unpaired) electrons. The third-order valence-electron chi connectivity index (χ3n) is 3.37. The Morgan fingerprint density at radius 3 is 2.75 bits per heavy atom. The standard InChI is InChI=1S/C16H23NO3/c1-5-8-13-9-7-10-17(16(18)20-4)12-14(13)11-15(6-2)19-3/h2,11H,5,7-10,12H2,1,3-4H3/b15-11+. The van der Waals surface area contributed by atoms with E-state index in [1.165, 1.54) is 12.7 Å². The maximum atomic E-state index is 11.7. The predicted molar refractivity (Wildman–Crippen MR) is 79.1 cm³/mol. The van der Waals surface area contributed by atoms with Gasteiger partial charge in [0.2, 0.25) is 0 Å². The second-order valence-corrected chi connectivity index (χ2v) is 4.73. The summed E-state index contributed by atoms with van der Waals surface area (Å²) in [7, 11) is 2.96. The van der Waals surface area contributed by atoms with E-state index in [0.717, 1.165) is 31.3 Å². The summed E-state index contributed by atoms with van der Waals surface area (Å²) < 4.78 is 9.97. The number of hydrogen-bond acceptors (Lipinski definition) is 3. The van der Waals surface area contributed by atoms with Crippen molar-refractivity contribution in [1.82, 2.24) is 4.90 Å². The van der Waals surface area contributed by atoms with Gasteiger partial charge in [-0.1, -0.05) is 18.9 Å². The van der Waals surface area contributed by atoms with E-state index in [1.807, 2.05) is 6.08 Å². The minimum absolute atomic E-state index is 0.298. The van der Waals surface area contributed by atoms with Gasteiger partial charge in [0, 0.05) is 13.1 Å². The average Bonchev–Trinajstić information content (AvgIpc) is 2.67. The van der Waals surface area contributed by atoms with Gasteiger partial charge >= 0.3 is 6.09 Å². The Labute approximate surface area is 121 Å². The summed E-state index contributed by atoms with van der Waals surface area (Å²) in [5.74, 6) is 3.00. The van der Waals surface area contributed by atoms with Crippen LogP contribution in [-0.2, 0) is 9.47 Å². The fourth-order valence-electron chi connectivity index (χ4n) is 2.38. The number of terminal acetylenes is 1. The molecule has 0 unspecified atom stereocenters. The lowest BCUT2D eigenvalue weighted by Crippen LogP contribution is -2.32. The van der Waals surface area contributed by atoms with Crippen molar-refractivity contribution in [3.63, 3.8) is 0 Å². The van der Waals surface area contributed by atoms with Crippen molar-refractivity contribution >= 4 is 6.09 Å². The van der Waals surface area contributed by atoms with Gasteiger partial charge in [0.25, 0.3) is 0 Å². The third-order valence-corrected chi connectivity index (χ3v) is 3.37. The van der Waals surface area contributed by atoms with Crippen molar-refractivity contribution in [2.75, 3.05) is 27.3 Å². The van der Waals surface area contributed by atoms with E-state index in [4.69, 9.17) is 15.9 Å². The van der Waals surface area contributed by atoms with Crippen molar-refractivity contribution < 1.29 is 14.3 Å². The van der Waals surface area contributed by atoms with Crippen LogP contribution in [0.15, 0.2) is 23.0 Å². The van der Waals surface area contributed by atoms with Crippen LogP contribution in [0.3, 0.4) is 0 Å². The zero-order chi connectivity index (χ0) is 15.0. The number of hydrogen-bond donors (Lipinski definition) is 0. The Morgan fingerprint density at radius 2 is 2.20 bits per heavy atom. The van der Waals surface area contributed by atoms with Crippen molar-refractivity contribution in [3.8, 4) is 12.3 Å². The molecule has 0 bridgehead atoms. The van der Waals surface area contributed by atoms with Gasteiger partial charge in [0.1, 0.15) is 0 Å². The van der Waals surface area contributed by atoms with Crippen LogP contribution in [0.25, 0.3) is 0 Å². The number of carbonyl (C=O) groups excluding carboxylic acids is 1. The summed E-state index contributed by atoms with van der Waals surface area (Å²) in [6.07, 6.45) is 11.0. The second kappa shape index (κ2) is 8.31. The van der Waals surface area contributed by atoms with Gasteiger partial charge in [-0.05, 0) is 36.8 Å². The van der Waals surface area contributed by atoms with Gasteiger partial charge in [-0.25, -0.2) is 4.79 Å². The maximum absolute atomic E-state index is 11.7. The monoisotopic (exact) mass is 277 g/mol. The molecule has 0 saturated heterocycles. The molecule has 1 aliphatic heterocycles. The van der Waals surface area contributed by atoms with Crippen molar-refractivity contribution in [1.29, 1.82) is 0 Å². The Bertz CT molecular complexity index is 443. The zero-order valence-electron chi connectivity index (χ0n) is 12.6. The lowest BCUT2D eigenvalue weighted by molar-refractivity contribution is 0.128. The number of methoxy groups -OCH3 is 2. The lowest BCUT2D eigenvalue weighted by Gasteiger charge is -2.19. The normalized spacial score (nSPS) is 16.5. The third kappa shape index (κ3) is 4.34. The van der Waals surface area contributed by atoms with Crippen LogP contribution in [0, 0.1) is 12.3 Å². The molecule has 1 aliphatic rings. The van der Waals surface area contributed by atoms with Gasteiger partial charge in [0.15, 0.2) is 5.76 Å². The highest BCUT2D eigenvalue weighted by molar-refractivity contribution is 5.68. The average molecular weight is 277 g/mol. The highest BCUT2D eigenvalue weighted by atomic mass is 16.5. The summed E-state index contributed by atoms with van der Waals surface area (Å²) in [6.45, 7) is 3.38. The minimum Gasteiger partial charge on any atom is -0.489 e. The molecule has 4 nitrogen and oxygen atoms in total. The van der Waals surface area contributed by atoms with Crippen LogP contribution in [0.2, 0.25) is 0 Å². The largest absolute Gasteiger partial charge is 0.489 e. The molecular weight excluding hydrogens is 254 g/mol. The fourth-order valence-corrected chi connectivity index (χ4v) is 2.38. The molecule has 0 aromatic carbocycles. The summed E-state index contributed by atoms with van der Waals surface area (Å²) in [6, 6.07) is 0. The Kier molecular flexibility index (Phi) is 6.72. The Hall–Kier alpha value is -1.89. The quantitative estimate of drug-likeness (QED) is 0.585. The van der Waals surface area contributed by atoms with Gasteiger partial charge in [-0.2, -0.15) is 0 Å². The molecule has 0 spiro atoms. The molecule has 110 valence electrons. The Morgan fingerprint density at radius 1 is 1.45 bits per heavy atom. The van der Waals surface area contributed by atoms with E-state index in [9.17, 15) is 4.79 Å². The van der Waals surface area contributed by atoms with Crippen LogP contribution in [-0.4, -0.2) is 38.3 Å². The zero-order valence-corrected chi connectivity index (χ0v) is 12.6. The van der Waals surface area contributed by atoms with Crippen LogP contribution in [0.1, 0.15) is 32.6 Å². The molecule has 4 heteroatoms. The lowest BCUT2D eigenvalue weighted by atomic mass is 9.99. The summed E-state index contributed by atoms with van der Waals surface area (Å²) in [4.78, 5) is 13.5. The van der Waals surface area contributed by atoms with Crippen molar-refractivity contribution in [2.24, 2.45) is 0 Å². The molecule has 1 amide bonds. The van der Waals surface area contributed by atoms with Gasteiger partial charge in [-0.3, -0.25) is 0 Å². The maximum Gasteiger partial charge on any atom is 0.409 e. The molecule has 1 rings (SSSR count). The van der Waals surface area contributed by atoms with E-state index in [0.29, 0.717) is 18.8 Å². The Balaban J connectivity index is 3.07. The van der Waals surface area contributed by atoms with E-state index in [2.05, 4.69) is 12.8 Å². The molecule has 0 aromatic heterocycles. The SMILES string of the molecule is C#C/C(=C\C1=C(CCC)CCCN(C(=O)OC)C1)OC. The number of allylic oxidation sites excluding steroid dienone is 2. The van der Waals surface area contributed by atoms with E-state index in [1.54, 1.807) is 12.0 Å². The van der Waals surface area contributed by atoms with Crippen LogP contribution in [0.5, 0.6) is 0 Å². The van der Waals surface area contributed by atoms with Crippen LogP contribution >= 0.6 is 0 Å². The van der Waals surface area contributed by atoms with E-state index >= 15 is 0 Å². The van der Waals surface area contributed by atoms with Crippen LogP contribution in [0.4, 0.5) is 4.79 Å². The highest BCUT2D eigenvalue weighted by Crippen LogP contribution is 2.24. The summed E-state index contributed by atoms with van der Waals surface area (Å²) in [5.41, 5.74) is 2.42. The minimum atomic E-state index is -0.298. The first kappa shape index (κ1) is 16.2. The number of amides is 1. The number of carbonyl (C=O) groups is 1. The van der Waals surface area contributed by atoms with Gasteiger partial charge in [-0.15, -0.1) is 6.42 Å². The van der Waals surface area contributed by atoms with Crippen LogP contribution < -0.4 is 0 Å². The predicted octanol–water partition coefficient (Wildman–Crippen LogP) is 3.11. The first-order chi connectivity index (χ1) is 9.65. The van der Waals surface area contributed by atoms with Crippen molar-refractivity contribution in [2.45, 2.75) is 32.6 Å². The molecule has 0 N–H and O–H groups in total. The van der Waals surface area contributed by atoms with E-state index in [-0.39, 0.29) is 6.09 Å². The molecule has 0 saturated carbocycles. The first-order valence-electron chi connectivity index (χ1n) is 6.92. The summed E-state index contributed by atoms with van der Waals surface area (Å²) in [5, 5.41) is 0.